The smallest absolute Gasteiger partial charge is 0.159 e. The molecule has 1 unspecified atom stereocenters. The third-order valence-electron chi connectivity index (χ3n) is 4.18. The van der Waals surface area contributed by atoms with E-state index in [1.807, 2.05) is 43.3 Å². The van der Waals surface area contributed by atoms with Gasteiger partial charge in [-0.25, -0.2) is 0 Å². The Morgan fingerprint density at radius 1 is 1.16 bits per heavy atom. The van der Waals surface area contributed by atoms with Gasteiger partial charge in [0.05, 0.1) is 11.4 Å². The van der Waals surface area contributed by atoms with Crippen LogP contribution in [0.2, 0.25) is 5.02 Å². The first kappa shape index (κ1) is 16.0. The van der Waals surface area contributed by atoms with Crippen molar-refractivity contribution >= 4 is 17.3 Å². The molecule has 0 bridgehead atoms. The summed E-state index contributed by atoms with van der Waals surface area (Å²) in [6, 6.07) is 16.0. The van der Waals surface area contributed by atoms with Gasteiger partial charge in [0.15, 0.2) is 5.82 Å². The van der Waals surface area contributed by atoms with Crippen molar-refractivity contribution in [2.75, 3.05) is 0 Å². The van der Waals surface area contributed by atoms with Crippen LogP contribution in [-0.2, 0) is 13.0 Å². The molecule has 6 heteroatoms. The highest BCUT2D eigenvalue weighted by molar-refractivity contribution is 6.31. The number of aromatic nitrogens is 3. The van der Waals surface area contributed by atoms with Crippen LogP contribution in [0.4, 0.5) is 0 Å². The maximum Gasteiger partial charge on any atom is 0.159 e. The summed E-state index contributed by atoms with van der Waals surface area (Å²) in [5.41, 5.74) is 9.92. The highest BCUT2D eigenvalue weighted by atomic mass is 35.5. The SMILES string of the molecule is CC(N)Cc1nnc2n1-c1ccc(Cl)cc1C(c1ccccc1)=NC2. The first-order valence-electron chi connectivity index (χ1n) is 8.22. The monoisotopic (exact) mass is 351 g/mol. The molecular formula is C19H18ClN5. The normalized spacial score (nSPS) is 14.3. The third kappa shape index (κ3) is 2.97. The van der Waals surface area contributed by atoms with Gasteiger partial charge in [0, 0.05) is 28.6 Å². The van der Waals surface area contributed by atoms with Gasteiger partial charge in [-0.1, -0.05) is 41.9 Å². The van der Waals surface area contributed by atoms with Crippen LogP contribution in [0.3, 0.4) is 0 Å². The third-order valence-corrected chi connectivity index (χ3v) is 4.42. The molecule has 1 aromatic heterocycles. The van der Waals surface area contributed by atoms with Gasteiger partial charge in [0.25, 0.3) is 0 Å². The second-order valence-electron chi connectivity index (χ2n) is 6.24. The van der Waals surface area contributed by atoms with Crippen LogP contribution in [0.1, 0.15) is 29.7 Å². The minimum absolute atomic E-state index is 0.00168. The van der Waals surface area contributed by atoms with Crippen molar-refractivity contribution in [3.05, 3.63) is 76.3 Å². The van der Waals surface area contributed by atoms with Gasteiger partial charge in [-0.15, -0.1) is 10.2 Å². The molecule has 1 aliphatic heterocycles. The maximum atomic E-state index is 6.29. The van der Waals surface area contributed by atoms with Gasteiger partial charge in [-0.3, -0.25) is 9.56 Å². The fourth-order valence-corrected chi connectivity index (χ4v) is 3.30. The zero-order valence-electron chi connectivity index (χ0n) is 13.9. The van der Waals surface area contributed by atoms with E-state index in [1.54, 1.807) is 0 Å². The number of nitrogens with two attached hydrogens (primary N) is 1. The Morgan fingerprint density at radius 2 is 1.96 bits per heavy atom. The maximum absolute atomic E-state index is 6.29. The Hall–Kier alpha value is -2.50. The molecule has 1 aliphatic rings. The summed E-state index contributed by atoms with van der Waals surface area (Å²) in [7, 11) is 0. The number of benzene rings is 2. The lowest BCUT2D eigenvalue weighted by Crippen LogP contribution is -2.21. The van der Waals surface area contributed by atoms with Crippen LogP contribution in [-0.4, -0.2) is 26.5 Å². The number of nitrogens with zero attached hydrogens (tertiary/aromatic N) is 4. The molecule has 0 amide bonds. The molecule has 0 saturated heterocycles. The summed E-state index contributed by atoms with van der Waals surface area (Å²) in [5.74, 6) is 1.66. The lowest BCUT2D eigenvalue weighted by Gasteiger charge is -2.14. The summed E-state index contributed by atoms with van der Waals surface area (Å²) in [6.07, 6.45) is 0.649. The summed E-state index contributed by atoms with van der Waals surface area (Å²) in [5, 5.41) is 9.34. The Bertz CT molecular complexity index is 944. The molecule has 4 rings (SSSR count). The van der Waals surface area contributed by atoms with Gasteiger partial charge in [0.1, 0.15) is 12.4 Å². The molecule has 3 aromatic rings. The number of aliphatic imine (C=N–C) groups is 1. The van der Waals surface area contributed by atoms with E-state index < -0.39 is 0 Å². The van der Waals surface area contributed by atoms with Crippen molar-refractivity contribution in [3.8, 4) is 5.69 Å². The molecule has 2 aromatic carbocycles. The van der Waals surface area contributed by atoms with Crippen LogP contribution in [0.5, 0.6) is 0 Å². The van der Waals surface area contributed by atoms with Crippen molar-refractivity contribution in [1.82, 2.24) is 14.8 Å². The molecule has 0 fully saturated rings. The van der Waals surface area contributed by atoms with Crippen molar-refractivity contribution in [1.29, 1.82) is 0 Å². The second-order valence-corrected chi connectivity index (χ2v) is 6.68. The fourth-order valence-electron chi connectivity index (χ4n) is 3.13. The van der Waals surface area contributed by atoms with E-state index in [1.165, 1.54) is 0 Å². The minimum Gasteiger partial charge on any atom is -0.328 e. The van der Waals surface area contributed by atoms with Crippen LogP contribution in [0, 0.1) is 0 Å². The van der Waals surface area contributed by atoms with E-state index in [0.717, 1.165) is 34.2 Å². The van der Waals surface area contributed by atoms with Gasteiger partial charge in [-0.05, 0) is 25.1 Å². The van der Waals surface area contributed by atoms with E-state index in [0.29, 0.717) is 18.0 Å². The van der Waals surface area contributed by atoms with E-state index in [2.05, 4.69) is 26.9 Å². The Balaban J connectivity index is 1.94. The predicted molar refractivity (Wildman–Crippen MR) is 99.5 cm³/mol. The van der Waals surface area contributed by atoms with E-state index in [9.17, 15) is 0 Å². The average molecular weight is 352 g/mol. The lowest BCUT2D eigenvalue weighted by molar-refractivity contribution is 0.685. The average Bonchev–Trinajstić information content (AvgIpc) is 2.90. The van der Waals surface area contributed by atoms with Gasteiger partial charge in [0.2, 0.25) is 0 Å². The summed E-state index contributed by atoms with van der Waals surface area (Å²) in [6.45, 7) is 2.43. The van der Waals surface area contributed by atoms with E-state index in [-0.39, 0.29) is 6.04 Å². The molecule has 126 valence electrons. The number of hydrogen-bond acceptors (Lipinski definition) is 4. The van der Waals surface area contributed by atoms with Gasteiger partial charge >= 0.3 is 0 Å². The van der Waals surface area contributed by atoms with Gasteiger partial charge < -0.3 is 5.73 Å². The minimum atomic E-state index is 0.00168. The standard InChI is InChI=1S/C19H18ClN5/c1-12(21)9-17-23-24-18-11-22-19(13-5-3-2-4-6-13)15-10-14(20)7-8-16(15)25(17)18/h2-8,10,12H,9,11,21H2,1H3. The molecule has 1 atom stereocenters. The zero-order valence-corrected chi connectivity index (χ0v) is 14.6. The van der Waals surface area contributed by atoms with Crippen molar-refractivity contribution in [2.45, 2.75) is 25.9 Å². The highest BCUT2D eigenvalue weighted by Crippen LogP contribution is 2.28. The lowest BCUT2D eigenvalue weighted by atomic mass is 10.0. The number of halogens is 1. The van der Waals surface area contributed by atoms with E-state index in [4.69, 9.17) is 22.3 Å². The summed E-state index contributed by atoms with van der Waals surface area (Å²) in [4.78, 5) is 4.81. The first-order chi connectivity index (χ1) is 12.1. The number of rotatable bonds is 3. The predicted octanol–water partition coefficient (Wildman–Crippen LogP) is 3.16. The largest absolute Gasteiger partial charge is 0.328 e. The molecule has 25 heavy (non-hydrogen) atoms. The van der Waals surface area contributed by atoms with E-state index >= 15 is 0 Å². The molecule has 2 N–H and O–H groups in total. The highest BCUT2D eigenvalue weighted by Gasteiger charge is 2.23. The quantitative estimate of drug-likeness (QED) is 0.788. The molecule has 0 aliphatic carbocycles. The van der Waals surface area contributed by atoms with Crippen LogP contribution < -0.4 is 5.73 Å². The Kier molecular flexibility index (Phi) is 4.11. The zero-order chi connectivity index (χ0) is 17.4. The van der Waals surface area contributed by atoms with Crippen molar-refractivity contribution in [2.24, 2.45) is 10.7 Å². The topological polar surface area (TPSA) is 69.1 Å². The molecule has 5 nitrogen and oxygen atoms in total. The van der Waals surface area contributed by atoms with Crippen LogP contribution in [0.25, 0.3) is 5.69 Å². The summed E-state index contributed by atoms with van der Waals surface area (Å²) < 4.78 is 2.06. The molecular weight excluding hydrogens is 334 g/mol. The molecule has 0 saturated carbocycles. The Labute approximate surface area is 151 Å². The van der Waals surface area contributed by atoms with Crippen LogP contribution in [0.15, 0.2) is 53.5 Å². The van der Waals surface area contributed by atoms with Gasteiger partial charge in [-0.2, -0.15) is 0 Å². The van der Waals surface area contributed by atoms with Crippen molar-refractivity contribution < 1.29 is 0 Å². The molecule has 0 radical (unpaired) electrons. The first-order valence-corrected chi connectivity index (χ1v) is 8.60. The van der Waals surface area contributed by atoms with Crippen molar-refractivity contribution in [3.63, 3.8) is 0 Å². The molecule has 2 heterocycles. The number of hydrogen-bond donors (Lipinski definition) is 1. The Morgan fingerprint density at radius 3 is 2.72 bits per heavy atom. The summed E-state index contributed by atoms with van der Waals surface area (Å²) >= 11 is 6.29. The number of fused-ring (bicyclic) bond motifs is 3. The fraction of sp³-hybridized carbons (Fsp3) is 0.211. The molecule has 0 spiro atoms. The second kappa shape index (κ2) is 6.43. The van der Waals surface area contributed by atoms with Crippen LogP contribution >= 0.6 is 11.6 Å².